The van der Waals surface area contributed by atoms with Crippen LogP contribution in [0.2, 0.25) is 0 Å². The number of carbonyl (C=O) groups excluding carboxylic acids is 1. The summed E-state index contributed by atoms with van der Waals surface area (Å²) in [7, 11) is 2.02. The molecule has 0 spiro atoms. The summed E-state index contributed by atoms with van der Waals surface area (Å²) in [6.45, 7) is 1.51. The number of benzene rings is 1. The molecule has 0 aliphatic rings. The lowest BCUT2D eigenvalue weighted by Gasteiger charge is -2.15. The minimum atomic E-state index is 0.376. The lowest BCUT2D eigenvalue weighted by Crippen LogP contribution is -2.16. The van der Waals surface area contributed by atoms with E-state index in [1.807, 2.05) is 25.2 Å². The van der Waals surface area contributed by atoms with Crippen LogP contribution < -0.4 is 0 Å². The number of furan rings is 1. The Morgan fingerprint density at radius 1 is 1.28 bits per heavy atom. The Balaban J connectivity index is 1.96. The van der Waals surface area contributed by atoms with E-state index < -0.39 is 0 Å². The highest BCUT2D eigenvalue weighted by Crippen LogP contribution is 2.14. The second kappa shape index (κ2) is 5.98. The molecular formula is C14H14BrNO2. The molecule has 94 valence electrons. The molecule has 0 bridgehead atoms. The molecule has 1 aromatic carbocycles. The van der Waals surface area contributed by atoms with Crippen molar-refractivity contribution in [3.05, 3.63) is 58.0 Å². The molecule has 0 N–H and O–H groups in total. The van der Waals surface area contributed by atoms with Gasteiger partial charge >= 0.3 is 0 Å². The SMILES string of the molecule is CN(Cc1cccc(Br)c1)Cc1ccc(C=O)o1. The first-order valence-electron chi connectivity index (χ1n) is 5.64. The normalized spacial score (nSPS) is 10.8. The Kier molecular flexibility index (Phi) is 4.33. The molecule has 1 aromatic heterocycles. The van der Waals surface area contributed by atoms with Crippen LogP contribution in [0.5, 0.6) is 0 Å². The van der Waals surface area contributed by atoms with Crippen molar-refractivity contribution in [3.63, 3.8) is 0 Å². The van der Waals surface area contributed by atoms with Crippen molar-refractivity contribution in [1.82, 2.24) is 4.90 Å². The van der Waals surface area contributed by atoms with E-state index >= 15 is 0 Å². The van der Waals surface area contributed by atoms with Gasteiger partial charge in [-0.2, -0.15) is 0 Å². The molecule has 2 aromatic rings. The lowest BCUT2D eigenvalue weighted by molar-refractivity contribution is 0.109. The van der Waals surface area contributed by atoms with Crippen LogP contribution in [-0.4, -0.2) is 18.2 Å². The standard InChI is InChI=1S/C14H14BrNO2/c1-16(8-11-3-2-4-12(15)7-11)9-13-5-6-14(10-17)18-13/h2-7,10H,8-9H2,1H3. The molecule has 0 aliphatic carbocycles. The van der Waals surface area contributed by atoms with Crippen molar-refractivity contribution in [2.75, 3.05) is 7.05 Å². The highest BCUT2D eigenvalue weighted by Gasteiger charge is 2.06. The Morgan fingerprint density at radius 3 is 2.78 bits per heavy atom. The van der Waals surface area contributed by atoms with E-state index in [1.54, 1.807) is 6.07 Å². The predicted molar refractivity (Wildman–Crippen MR) is 73.4 cm³/mol. The molecule has 4 heteroatoms. The van der Waals surface area contributed by atoms with E-state index in [-0.39, 0.29) is 0 Å². The van der Waals surface area contributed by atoms with E-state index in [9.17, 15) is 4.79 Å². The second-order valence-electron chi connectivity index (χ2n) is 4.22. The zero-order valence-corrected chi connectivity index (χ0v) is 11.7. The van der Waals surface area contributed by atoms with Gasteiger partial charge in [0, 0.05) is 11.0 Å². The van der Waals surface area contributed by atoms with Gasteiger partial charge < -0.3 is 4.42 Å². The van der Waals surface area contributed by atoms with Crippen molar-refractivity contribution >= 4 is 22.2 Å². The van der Waals surface area contributed by atoms with Crippen LogP contribution in [0.1, 0.15) is 21.9 Å². The topological polar surface area (TPSA) is 33.5 Å². The fourth-order valence-corrected chi connectivity index (χ4v) is 2.26. The van der Waals surface area contributed by atoms with Gasteiger partial charge in [-0.15, -0.1) is 0 Å². The molecule has 0 aliphatic heterocycles. The van der Waals surface area contributed by atoms with Gasteiger partial charge in [-0.1, -0.05) is 28.1 Å². The quantitative estimate of drug-likeness (QED) is 0.793. The summed E-state index contributed by atoms with van der Waals surface area (Å²) in [5.74, 6) is 1.18. The Bertz CT molecular complexity index is 536. The largest absolute Gasteiger partial charge is 0.457 e. The average Bonchev–Trinajstić information content (AvgIpc) is 2.76. The Morgan fingerprint density at radius 2 is 2.11 bits per heavy atom. The summed E-state index contributed by atoms with van der Waals surface area (Å²) >= 11 is 3.46. The minimum Gasteiger partial charge on any atom is -0.457 e. The van der Waals surface area contributed by atoms with E-state index in [4.69, 9.17) is 4.42 Å². The first kappa shape index (κ1) is 13.1. The molecule has 0 fully saturated rings. The maximum atomic E-state index is 10.5. The molecule has 3 nitrogen and oxygen atoms in total. The Hall–Kier alpha value is -1.39. The van der Waals surface area contributed by atoms with Gasteiger partial charge in [0.05, 0.1) is 6.54 Å². The van der Waals surface area contributed by atoms with Gasteiger partial charge in [-0.25, -0.2) is 0 Å². The number of carbonyl (C=O) groups is 1. The maximum Gasteiger partial charge on any atom is 0.185 e. The first-order valence-corrected chi connectivity index (χ1v) is 6.43. The highest BCUT2D eigenvalue weighted by atomic mass is 79.9. The average molecular weight is 308 g/mol. The number of rotatable bonds is 5. The number of halogens is 1. The zero-order chi connectivity index (χ0) is 13.0. The van der Waals surface area contributed by atoms with Gasteiger partial charge in [0.2, 0.25) is 0 Å². The molecule has 0 saturated carbocycles. The van der Waals surface area contributed by atoms with E-state index in [2.05, 4.69) is 33.0 Å². The molecule has 0 amide bonds. The van der Waals surface area contributed by atoms with Crippen molar-refractivity contribution in [2.45, 2.75) is 13.1 Å². The van der Waals surface area contributed by atoms with Gasteiger partial charge in [0.1, 0.15) is 5.76 Å². The monoisotopic (exact) mass is 307 g/mol. The van der Waals surface area contributed by atoms with E-state index in [0.717, 1.165) is 23.1 Å². The summed E-state index contributed by atoms with van der Waals surface area (Å²) in [6, 6.07) is 11.7. The second-order valence-corrected chi connectivity index (χ2v) is 5.14. The molecular weight excluding hydrogens is 294 g/mol. The van der Waals surface area contributed by atoms with Gasteiger partial charge in [0.25, 0.3) is 0 Å². The molecule has 2 rings (SSSR count). The molecule has 0 atom stereocenters. The molecule has 0 unspecified atom stereocenters. The molecule has 1 heterocycles. The molecule has 0 saturated heterocycles. The summed E-state index contributed by atoms with van der Waals surface area (Å²) in [4.78, 5) is 12.7. The third kappa shape index (κ3) is 3.55. The van der Waals surface area contributed by atoms with Crippen molar-refractivity contribution in [3.8, 4) is 0 Å². The third-order valence-electron chi connectivity index (χ3n) is 2.57. The van der Waals surface area contributed by atoms with Crippen molar-refractivity contribution in [1.29, 1.82) is 0 Å². The highest BCUT2D eigenvalue weighted by molar-refractivity contribution is 9.10. The third-order valence-corrected chi connectivity index (χ3v) is 3.06. The summed E-state index contributed by atoms with van der Waals surface area (Å²) < 4.78 is 6.42. The van der Waals surface area contributed by atoms with Gasteiger partial charge in [-0.3, -0.25) is 9.69 Å². The van der Waals surface area contributed by atoms with Crippen LogP contribution in [0, 0.1) is 0 Å². The van der Waals surface area contributed by atoms with Crippen LogP contribution in [-0.2, 0) is 13.1 Å². The van der Waals surface area contributed by atoms with E-state index in [1.165, 1.54) is 5.56 Å². The number of aldehydes is 1. The number of nitrogens with zero attached hydrogens (tertiary/aromatic N) is 1. The van der Waals surface area contributed by atoms with Crippen LogP contribution in [0.4, 0.5) is 0 Å². The Labute approximate surface area is 115 Å². The number of hydrogen-bond acceptors (Lipinski definition) is 3. The summed E-state index contributed by atoms with van der Waals surface area (Å²) in [5.41, 5.74) is 1.23. The minimum absolute atomic E-state index is 0.376. The van der Waals surface area contributed by atoms with Gasteiger partial charge in [0.15, 0.2) is 12.0 Å². The van der Waals surface area contributed by atoms with Crippen molar-refractivity contribution in [2.24, 2.45) is 0 Å². The molecule has 18 heavy (non-hydrogen) atoms. The van der Waals surface area contributed by atoms with Crippen LogP contribution >= 0.6 is 15.9 Å². The van der Waals surface area contributed by atoms with Crippen molar-refractivity contribution < 1.29 is 9.21 Å². The van der Waals surface area contributed by atoms with Crippen LogP contribution in [0.25, 0.3) is 0 Å². The lowest BCUT2D eigenvalue weighted by atomic mass is 10.2. The number of hydrogen-bond donors (Lipinski definition) is 0. The smallest absolute Gasteiger partial charge is 0.185 e. The van der Waals surface area contributed by atoms with Gasteiger partial charge in [-0.05, 0) is 36.9 Å². The van der Waals surface area contributed by atoms with Crippen LogP contribution in [0.3, 0.4) is 0 Å². The predicted octanol–water partition coefficient (Wildman–Crippen LogP) is 3.49. The zero-order valence-electron chi connectivity index (χ0n) is 10.1. The van der Waals surface area contributed by atoms with E-state index in [0.29, 0.717) is 12.3 Å². The maximum absolute atomic E-state index is 10.5. The fraction of sp³-hybridized carbons (Fsp3) is 0.214. The molecule has 0 radical (unpaired) electrons. The summed E-state index contributed by atoms with van der Waals surface area (Å²) in [6.07, 6.45) is 0.720. The fourth-order valence-electron chi connectivity index (χ4n) is 1.81. The summed E-state index contributed by atoms with van der Waals surface area (Å²) in [5, 5.41) is 0. The first-order chi connectivity index (χ1) is 8.67. The van der Waals surface area contributed by atoms with Crippen LogP contribution in [0.15, 0.2) is 45.3 Å².